The predicted octanol–water partition coefficient (Wildman–Crippen LogP) is 1.58. The molecule has 0 spiro atoms. The molecule has 5 heteroatoms. The van der Waals surface area contributed by atoms with Crippen LogP contribution in [0.5, 0.6) is 0 Å². The standard InChI is InChI=1S/C11H19NO4/c1-4-8-12(11(14)16-6-3)9-7-10(13)15-5-2/h4H,1,5-9H2,2-3H3. The van der Waals surface area contributed by atoms with E-state index >= 15 is 0 Å². The van der Waals surface area contributed by atoms with Gasteiger partial charge in [-0.25, -0.2) is 4.79 Å². The fraction of sp³-hybridized carbons (Fsp3) is 0.636. The average molecular weight is 229 g/mol. The van der Waals surface area contributed by atoms with Gasteiger partial charge in [0.05, 0.1) is 19.6 Å². The summed E-state index contributed by atoms with van der Waals surface area (Å²) in [4.78, 5) is 23.9. The zero-order valence-corrected chi connectivity index (χ0v) is 9.90. The average Bonchev–Trinajstić information content (AvgIpc) is 2.24. The number of esters is 1. The Kier molecular flexibility index (Phi) is 7.93. The number of ether oxygens (including phenoxy) is 2. The molecule has 0 saturated heterocycles. The zero-order valence-electron chi connectivity index (χ0n) is 9.90. The van der Waals surface area contributed by atoms with Gasteiger partial charge in [-0.3, -0.25) is 4.79 Å². The molecule has 0 radical (unpaired) electrons. The lowest BCUT2D eigenvalue weighted by Gasteiger charge is -2.19. The molecule has 0 N–H and O–H groups in total. The fourth-order valence-corrected chi connectivity index (χ4v) is 1.09. The van der Waals surface area contributed by atoms with Crippen molar-refractivity contribution >= 4 is 12.1 Å². The molecule has 0 heterocycles. The minimum absolute atomic E-state index is 0.167. The van der Waals surface area contributed by atoms with E-state index in [4.69, 9.17) is 9.47 Å². The molecule has 0 saturated carbocycles. The Morgan fingerprint density at radius 3 is 2.38 bits per heavy atom. The van der Waals surface area contributed by atoms with Crippen molar-refractivity contribution in [2.75, 3.05) is 26.3 Å². The molecule has 0 fully saturated rings. The lowest BCUT2D eigenvalue weighted by atomic mass is 10.4. The predicted molar refractivity (Wildman–Crippen MR) is 60.0 cm³/mol. The zero-order chi connectivity index (χ0) is 12.4. The smallest absolute Gasteiger partial charge is 0.410 e. The summed E-state index contributed by atoms with van der Waals surface area (Å²) in [6.45, 7) is 8.31. The quantitative estimate of drug-likeness (QED) is 0.491. The first-order valence-corrected chi connectivity index (χ1v) is 5.33. The Morgan fingerprint density at radius 2 is 1.88 bits per heavy atom. The summed E-state index contributed by atoms with van der Waals surface area (Å²) in [5.41, 5.74) is 0. The van der Waals surface area contributed by atoms with Crippen LogP contribution < -0.4 is 0 Å². The van der Waals surface area contributed by atoms with Gasteiger partial charge < -0.3 is 14.4 Å². The first-order valence-electron chi connectivity index (χ1n) is 5.33. The topological polar surface area (TPSA) is 55.8 Å². The van der Waals surface area contributed by atoms with E-state index in [1.807, 2.05) is 0 Å². The summed E-state index contributed by atoms with van der Waals surface area (Å²) in [6.07, 6.45) is 1.31. The van der Waals surface area contributed by atoms with Crippen molar-refractivity contribution in [2.45, 2.75) is 20.3 Å². The van der Waals surface area contributed by atoms with Gasteiger partial charge in [0.15, 0.2) is 0 Å². The second-order valence-electron chi connectivity index (χ2n) is 2.99. The van der Waals surface area contributed by atoms with E-state index in [0.717, 1.165) is 0 Å². The highest BCUT2D eigenvalue weighted by atomic mass is 16.6. The lowest BCUT2D eigenvalue weighted by molar-refractivity contribution is -0.143. The highest BCUT2D eigenvalue weighted by Gasteiger charge is 2.14. The minimum Gasteiger partial charge on any atom is -0.466 e. The third-order valence-corrected chi connectivity index (χ3v) is 1.77. The number of rotatable bonds is 7. The van der Waals surface area contributed by atoms with Gasteiger partial charge in [0.25, 0.3) is 0 Å². The molecule has 0 aliphatic carbocycles. The molecule has 16 heavy (non-hydrogen) atoms. The van der Waals surface area contributed by atoms with Crippen LogP contribution in [0.3, 0.4) is 0 Å². The first kappa shape index (κ1) is 14.5. The molecule has 0 aromatic carbocycles. The number of hydrogen-bond acceptors (Lipinski definition) is 4. The van der Waals surface area contributed by atoms with Gasteiger partial charge in [-0.15, -0.1) is 6.58 Å². The molecule has 0 rings (SSSR count). The molecule has 0 bridgehead atoms. The van der Waals surface area contributed by atoms with Gasteiger partial charge in [0, 0.05) is 13.1 Å². The highest BCUT2D eigenvalue weighted by molar-refractivity contribution is 5.72. The van der Waals surface area contributed by atoms with Crippen molar-refractivity contribution in [2.24, 2.45) is 0 Å². The van der Waals surface area contributed by atoms with Gasteiger partial charge in [-0.2, -0.15) is 0 Å². The van der Waals surface area contributed by atoms with Crippen molar-refractivity contribution < 1.29 is 19.1 Å². The molecule has 0 aliphatic heterocycles. The van der Waals surface area contributed by atoms with Crippen molar-refractivity contribution in [3.8, 4) is 0 Å². The van der Waals surface area contributed by atoms with Gasteiger partial charge in [0.2, 0.25) is 0 Å². The van der Waals surface area contributed by atoms with E-state index in [1.165, 1.54) is 4.90 Å². The third-order valence-electron chi connectivity index (χ3n) is 1.77. The van der Waals surface area contributed by atoms with Gasteiger partial charge >= 0.3 is 12.1 Å². The number of carbonyl (C=O) groups excluding carboxylic acids is 2. The van der Waals surface area contributed by atoms with Crippen LogP contribution in [0.25, 0.3) is 0 Å². The number of amides is 1. The third kappa shape index (κ3) is 6.06. The van der Waals surface area contributed by atoms with Crippen LogP contribution in [0.4, 0.5) is 4.79 Å². The molecule has 0 unspecified atom stereocenters. The van der Waals surface area contributed by atoms with E-state index in [9.17, 15) is 9.59 Å². The Balaban J connectivity index is 4.07. The van der Waals surface area contributed by atoms with Gasteiger partial charge in [-0.1, -0.05) is 6.08 Å². The largest absolute Gasteiger partial charge is 0.466 e. The number of carbonyl (C=O) groups is 2. The summed E-state index contributed by atoms with van der Waals surface area (Å²) in [7, 11) is 0. The Hall–Kier alpha value is -1.52. The van der Waals surface area contributed by atoms with Crippen LogP contribution in [0.2, 0.25) is 0 Å². The van der Waals surface area contributed by atoms with Crippen molar-refractivity contribution in [1.29, 1.82) is 0 Å². The fourth-order valence-electron chi connectivity index (χ4n) is 1.09. The Labute approximate surface area is 96.0 Å². The molecule has 5 nitrogen and oxygen atoms in total. The molecule has 0 aliphatic rings. The SMILES string of the molecule is C=CCN(CCC(=O)OCC)C(=O)OCC. The molecule has 92 valence electrons. The molecule has 0 aromatic rings. The maximum atomic E-state index is 11.4. The minimum atomic E-state index is -0.438. The summed E-state index contributed by atoms with van der Waals surface area (Å²) >= 11 is 0. The normalized spacial score (nSPS) is 9.38. The number of nitrogens with zero attached hydrogens (tertiary/aromatic N) is 1. The van der Waals surface area contributed by atoms with Crippen molar-refractivity contribution in [1.82, 2.24) is 4.90 Å². The van der Waals surface area contributed by atoms with Gasteiger partial charge in [0.1, 0.15) is 0 Å². The van der Waals surface area contributed by atoms with E-state index in [0.29, 0.717) is 19.8 Å². The molecule has 0 aromatic heterocycles. The van der Waals surface area contributed by atoms with Crippen LogP contribution in [0.15, 0.2) is 12.7 Å². The van der Waals surface area contributed by atoms with Gasteiger partial charge in [-0.05, 0) is 13.8 Å². The summed E-state index contributed by atoms with van der Waals surface area (Å²) in [5.74, 6) is -0.319. The lowest BCUT2D eigenvalue weighted by Crippen LogP contribution is -2.33. The summed E-state index contributed by atoms with van der Waals surface area (Å²) in [5, 5.41) is 0. The summed E-state index contributed by atoms with van der Waals surface area (Å²) in [6, 6.07) is 0. The molecular weight excluding hydrogens is 210 g/mol. The molecule has 0 atom stereocenters. The van der Waals surface area contributed by atoms with Crippen molar-refractivity contribution in [3.63, 3.8) is 0 Å². The van der Waals surface area contributed by atoms with Crippen LogP contribution in [0, 0.1) is 0 Å². The maximum Gasteiger partial charge on any atom is 0.410 e. The summed E-state index contributed by atoms with van der Waals surface area (Å²) < 4.78 is 9.60. The number of hydrogen-bond donors (Lipinski definition) is 0. The second kappa shape index (κ2) is 8.76. The van der Waals surface area contributed by atoms with E-state index in [1.54, 1.807) is 19.9 Å². The second-order valence-corrected chi connectivity index (χ2v) is 2.99. The van der Waals surface area contributed by atoms with E-state index < -0.39 is 6.09 Å². The van der Waals surface area contributed by atoms with Crippen LogP contribution in [-0.2, 0) is 14.3 Å². The molecule has 1 amide bonds. The monoisotopic (exact) mass is 229 g/mol. The molecular formula is C11H19NO4. The van der Waals surface area contributed by atoms with E-state index in [-0.39, 0.29) is 18.9 Å². The first-order chi connectivity index (χ1) is 7.65. The van der Waals surface area contributed by atoms with Crippen LogP contribution in [0.1, 0.15) is 20.3 Å². The maximum absolute atomic E-state index is 11.4. The van der Waals surface area contributed by atoms with Crippen molar-refractivity contribution in [3.05, 3.63) is 12.7 Å². The van der Waals surface area contributed by atoms with E-state index in [2.05, 4.69) is 6.58 Å². The highest BCUT2D eigenvalue weighted by Crippen LogP contribution is 1.98. The van der Waals surface area contributed by atoms with Crippen LogP contribution in [-0.4, -0.2) is 43.3 Å². The Morgan fingerprint density at radius 1 is 1.25 bits per heavy atom. The van der Waals surface area contributed by atoms with Crippen LogP contribution >= 0.6 is 0 Å². The Bertz CT molecular complexity index is 240.